The smallest absolute Gasteiger partial charge is 0.266 e. The first-order valence-corrected chi connectivity index (χ1v) is 7.51. The third-order valence-corrected chi connectivity index (χ3v) is 5.15. The molecule has 1 saturated heterocycles. The number of nitrogens with zero attached hydrogens (tertiary/aromatic N) is 2. The van der Waals surface area contributed by atoms with Crippen molar-refractivity contribution in [2.75, 3.05) is 13.1 Å². The second-order valence-corrected chi connectivity index (χ2v) is 6.48. The number of hydrogen-bond donors (Lipinski definition) is 1. The van der Waals surface area contributed by atoms with Gasteiger partial charge in [0.1, 0.15) is 0 Å². The first-order chi connectivity index (χ1) is 9.07. The van der Waals surface area contributed by atoms with Crippen LogP contribution in [0.2, 0.25) is 0 Å². The van der Waals surface area contributed by atoms with Crippen molar-refractivity contribution in [3.8, 4) is 0 Å². The molecule has 1 fully saturated rings. The zero-order chi connectivity index (χ0) is 13.5. The standard InChI is InChI=1S/C12H13N3O3S/c16-12-8-13-11-7-9(3-4-10(11)14-12)19(17,18)15-5-1-2-6-15/h3-4,7-8H,1-2,5-6H2,(H,14,16). The molecule has 1 aromatic carbocycles. The fraction of sp³-hybridized carbons (Fsp3) is 0.333. The lowest BCUT2D eigenvalue weighted by atomic mass is 10.3. The minimum Gasteiger partial charge on any atom is -0.319 e. The quantitative estimate of drug-likeness (QED) is 0.877. The van der Waals surface area contributed by atoms with E-state index in [4.69, 9.17) is 0 Å². The molecule has 19 heavy (non-hydrogen) atoms. The van der Waals surface area contributed by atoms with Crippen molar-refractivity contribution in [3.05, 3.63) is 34.7 Å². The van der Waals surface area contributed by atoms with Crippen LogP contribution >= 0.6 is 0 Å². The first-order valence-electron chi connectivity index (χ1n) is 6.07. The molecule has 1 N–H and O–H groups in total. The zero-order valence-corrected chi connectivity index (χ0v) is 11.0. The third kappa shape index (κ3) is 2.15. The van der Waals surface area contributed by atoms with Gasteiger partial charge in [0, 0.05) is 13.1 Å². The molecule has 0 radical (unpaired) electrons. The van der Waals surface area contributed by atoms with E-state index in [1.54, 1.807) is 6.07 Å². The van der Waals surface area contributed by atoms with Crippen LogP contribution in [0.4, 0.5) is 0 Å². The monoisotopic (exact) mass is 279 g/mol. The van der Waals surface area contributed by atoms with Gasteiger partial charge in [-0.2, -0.15) is 4.31 Å². The average molecular weight is 279 g/mol. The van der Waals surface area contributed by atoms with Crippen LogP contribution in [0.15, 0.2) is 34.1 Å². The molecule has 0 bridgehead atoms. The highest BCUT2D eigenvalue weighted by atomic mass is 32.2. The maximum Gasteiger partial charge on any atom is 0.266 e. The number of H-pyrrole nitrogens is 1. The van der Waals surface area contributed by atoms with Crippen molar-refractivity contribution >= 4 is 21.1 Å². The molecule has 0 atom stereocenters. The highest BCUT2D eigenvalue weighted by molar-refractivity contribution is 7.89. The minimum atomic E-state index is -3.44. The van der Waals surface area contributed by atoms with Crippen LogP contribution in [0.1, 0.15) is 12.8 Å². The summed E-state index contributed by atoms with van der Waals surface area (Å²) in [6.07, 6.45) is 2.95. The van der Waals surface area contributed by atoms with Gasteiger partial charge in [-0.1, -0.05) is 0 Å². The Bertz CT molecular complexity index is 776. The molecule has 0 unspecified atom stereocenters. The van der Waals surface area contributed by atoms with E-state index in [0.717, 1.165) is 19.0 Å². The lowest BCUT2D eigenvalue weighted by molar-refractivity contribution is 0.477. The third-order valence-electron chi connectivity index (χ3n) is 3.25. The number of nitrogens with one attached hydrogen (secondary N) is 1. The van der Waals surface area contributed by atoms with Crippen LogP contribution in [0.3, 0.4) is 0 Å². The van der Waals surface area contributed by atoms with E-state index in [0.29, 0.717) is 24.1 Å². The van der Waals surface area contributed by atoms with Gasteiger partial charge >= 0.3 is 0 Å². The molecular formula is C12H13N3O3S. The van der Waals surface area contributed by atoms with Crippen molar-refractivity contribution in [2.45, 2.75) is 17.7 Å². The summed E-state index contributed by atoms with van der Waals surface area (Å²) in [6, 6.07) is 4.58. The van der Waals surface area contributed by atoms with Crippen LogP contribution < -0.4 is 5.56 Å². The molecule has 7 heteroatoms. The number of benzene rings is 1. The number of aromatic amines is 1. The van der Waals surface area contributed by atoms with Gasteiger partial charge in [-0.05, 0) is 31.0 Å². The molecule has 0 aliphatic carbocycles. The van der Waals surface area contributed by atoms with Gasteiger partial charge in [-0.3, -0.25) is 4.79 Å². The second kappa shape index (κ2) is 4.43. The SMILES string of the molecule is O=c1cnc2cc(S(=O)(=O)N3CCCC3)ccc2[nH]1. The maximum absolute atomic E-state index is 12.4. The molecule has 1 aromatic heterocycles. The Morgan fingerprint density at radius 3 is 2.68 bits per heavy atom. The predicted octanol–water partition coefficient (Wildman–Crippen LogP) is 0.708. The maximum atomic E-state index is 12.4. The van der Waals surface area contributed by atoms with Gasteiger partial charge in [0.05, 0.1) is 22.1 Å². The summed E-state index contributed by atoms with van der Waals surface area (Å²) in [7, 11) is -3.44. The number of rotatable bonds is 2. The van der Waals surface area contributed by atoms with Crippen molar-refractivity contribution in [1.82, 2.24) is 14.3 Å². The Hall–Kier alpha value is -1.73. The summed E-state index contributed by atoms with van der Waals surface area (Å²) in [4.78, 5) is 17.9. The topological polar surface area (TPSA) is 83.1 Å². The Balaban J connectivity index is 2.10. The highest BCUT2D eigenvalue weighted by Gasteiger charge is 2.27. The molecule has 0 amide bonds. The zero-order valence-electron chi connectivity index (χ0n) is 10.2. The Kier molecular flexibility index (Phi) is 2.87. The van der Waals surface area contributed by atoms with Gasteiger partial charge in [-0.15, -0.1) is 0 Å². The molecule has 0 spiro atoms. The highest BCUT2D eigenvalue weighted by Crippen LogP contribution is 2.22. The van der Waals surface area contributed by atoms with Crippen molar-refractivity contribution in [3.63, 3.8) is 0 Å². The molecule has 0 saturated carbocycles. The largest absolute Gasteiger partial charge is 0.319 e. The number of aromatic nitrogens is 2. The van der Waals surface area contributed by atoms with Crippen molar-refractivity contribution in [1.29, 1.82) is 0 Å². The van der Waals surface area contributed by atoms with Crippen LogP contribution in [-0.2, 0) is 10.0 Å². The summed E-state index contributed by atoms with van der Waals surface area (Å²) in [5.74, 6) is 0. The van der Waals surface area contributed by atoms with E-state index in [2.05, 4.69) is 9.97 Å². The molecule has 2 heterocycles. The van der Waals surface area contributed by atoms with E-state index >= 15 is 0 Å². The van der Waals surface area contributed by atoms with E-state index in [-0.39, 0.29) is 10.5 Å². The van der Waals surface area contributed by atoms with Crippen molar-refractivity contribution in [2.24, 2.45) is 0 Å². The normalized spacial score (nSPS) is 17.1. The van der Waals surface area contributed by atoms with E-state index in [1.807, 2.05) is 0 Å². The van der Waals surface area contributed by atoms with E-state index < -0.39 is 10.0 Å². The lowest BCUT2D eigenvalue weighted by Crippen LogP contribution is -2.27. The molecule has 3 rings (SSSR count). The summed E-state index contributed by atoms with van der Waals surface area (Å²) < 4.78 is 26.2. The fourth-order valence-corrected chi connectivity index (χ4v) is 3.79. The average Bonchev–Trinajstić information content (AvgIpc) is 2.92. The van der Waals surface area contributed by atoms with Crippen LogP contribution in [0.25, 0.3) is 11.0 Å². The van der Waals surface area contributed by atoms with Gasteiger partial charge in [0.25, 0.3) is 5.56 Å². The van der Waals surface area contributed by atoms with E-state index in [9.17, 15) is 13.2 Å². The molecular weight excluding hydrogens is 266 g/mol. The summed E-state index contributed by atoms with van der Waals surface area (Å²) in [6.45, 7) is 1.14. The Labute approximate surface area is 110 Å². The molecule has 6 nitrogen and oxygen atoms in total. The fourth-order valence-electron chi connectivity index (χ4n) is 2.26. The first kappa shape index (κ1) is 12.3. The minimum absolute atomic E-state index is 0.224. The molecule has 2 aromatic rings. The molecule has 100 valence electrons. The number of sulfonamides is 1. The Morgan fingerprint density at radius 2 is 1.95 bits per heavy atom. The van der Waals surface area contributed by atoms with Gasteiger partial charge in [-0.25, -0.2) is 13.4 Å². The number of hydrogen-bond acceptors (Lipinski definition) is 4. The predicted molar refractivity (Wildman–Crippen MR) is 70.4 cm³/mol. The van der Waals surface area contributed by atoms with Crippen LogP contribution in [-0.4, -0.2) is 35.8 Å². The van der Waals surface area contributed by atoms with Gasteiger partial charge in [0.15, 0.2) is 0 Å². The molecule has 1 aliphatic heterocycles. The van der Waals surface area contributed by atoms with Gasteiger partial charge in [0.2, 0.25) is 10.0 Å². The molecule has 1 aliphatic rings. The van der Waals surface area contributed by atoms with Gasteiger partial charge < -0.3 is 4.98 Å². The van der Waals surface area contributed by atoms with Crippen LogP contribution in [0.5, 0.6) is 0 Å². The second-order valence-electron chi connectivity index (χ2n) is 4.54. The Morgan fingerprint density at radius 1 is 1.21 bits per heavy atom. The summed E-state index contributed by atoms with van der Waals surface area (Å²) in [5.41, 5.74) is 0.704. The van der Waals surface area contributed by atoms with Crippen molar-refractivity contribution < 1.29 is 8.42 Å². The van der Waals surface area contributed by atoms with E-state index in [1.165, 1.54) is 16.4 Å². The summed E-state index contributed by atoms with van der Waals surface area (Å²) in [5, 5.41) is 0. The number of fused-ring (bicyclic) bond motifs is 1. The lowest BCUT2D eigenvalue weighted by Gasteiger charge is -2.15. The summed E-state index contributed by atoms with van der Waals surface area (Å²) >= 11 is 0. The van der Waals surface area contributed by atoms with Crippen LogP contribution in [0, 0.1) is 0 Å².